The third-order valence-electron chi connectivity index (χ3n) is 10.7. The zero-order valence-corrected chi connectivity index (χ0v) is 30.4. The monoisotopic (exact) mass is 688 g/mol. The second-order valence-corrected chi connectivity index (χ2v) is 15.4. The smallest absolute Gasteiger partial charge is 0.321 e. The molecule has 3 aliphatic carbocycles. The van der Waals surface area contributed by atoms with Crippen molar-refractivity contribution in [2.24, 2.45) is 5.41 Å². The van der Waals surface area contributed by atoms with Gasteiger partial charge >= 0.3 is 6.03 Å². The average Bonchev–Trinajstić information content (AvgIpc) is 3.63. The number of benzene rings is 2. The molecule has 4 atom stereocenters. The Kier molecular flexibility index (Phi) is 12.0. The molecule has 0 aliphatic heterocycles. The Hall–Kier alpha value is -3.50. The number of nitrogens with zero attached hydrogens (tertiary/aromatic N) is 1. The number of anilines is 1. The first kappa shape index (κ1) is 36.8. The fourth-order valence-corrected chi connectivity index (χ4v) is 8.55. The number of amides is 2. The largest absolute Gasteiger partial charge is 0.497 e. The van der Waals surface area contributed by atoms with E-state index in [1.54, 1.807) is 43.4 Å². The number of hydrogen-bond acceptors (Lipinski definition) is 7. The van der Waals surface area contributed by atoms with Crippen molar-refractivity contribution in [2.45, 2.75) is 89.8 Å². The Balaban J connectivity index is 1.53. The van der Waals surface area contributed by atoms with E-state index < -0.39 is 17.1 Å². The number of allylic oxidation sites excluding steroid dienone is 2. The molecule has 6 rings (SSSR count). The highest BCUT2D eigenvalue weighted by Crippen LogP contribution is 2.59. The predicted molar refractivity (Wildman–Crippen MR) is 196 cm³/mol. The highest BCUT2D eigenvalue weighted by Gasteiger charge is 2.57. The van der Waals surface area contributed by atoms with Crippen molar-refractivity contribution in [3.8, 4) is 5.75 Å². The van der Waals surface area contributed by atoms with Crippen molar-refractivity contribution >= 4 is 28.8 Å². The minimum absolute atomic E-state index is 0.0230. The van der Waals surface area contributed by atoms with Gasteiger partial charge in [0.25, 0.3) is 0 Å². The third kappa shape index (κ3) is 8.46. The maximum atomic E-state index is 14.2. The third-order valence-corrected chi connectivity index (χ3v) is 11.7. The lowest BCUT2D eigenvalue weighted by Gasteiger charge is -2.46. The van der Waals surface area contributed by atoms with Crippen LogP contribution in [-0.4, -0.2) is 72.5 Å². The summed E-state index contributed by atoms with van der Waals surface area (Å²) >= 11 is 1.49. The van der Waals surface area contributed by atoms with Crippen LogP contribution < -0.4 is 10.1 Å². The molecule has 1 heterocycles. The molecule has 264 valence electrons. The minimum atomic E-state index is -1.23. The molecule has 0 spiro atoms. The summed E-state index contributed by atoms with van der Waals surface area (Å²) in [7, 11) is 3.25. The fraction of sp³-hybridized carbons (Fsp3) is 0.500. The van der Waals surface area contributed by atoms with Crippen LogP contribution in [-0.2, 0) is 11.2 Å². The molecule has 49 heavy (non-hydrogen) atoms. The van der Waals surface area contributed by atoms with E-state index in [4.69, 9.17) is 9.47 Å². The first-order valence-electron chi connectivity index (χ1n) is 17.5. The zero-order chi connectivity index (χ0) is 35.2. The molecule has 8 nitrogen and oxygen atoms in total. The number of rotatable bonds is 10. The van der Waals surface area contributed by atoms with Crippen LogP contribution in [0.3, 0.4) is 0 Å². The lowest BCUT2D eigenvalue weighted by Crippen LogP contribution is -2.54. The number of nitrogens with one attached hydrogen (secondary N) is 1. The first-order chi connectivity index (χ1) is 23.5. The van der Waals surface area contributed by atoms with Crippen LogP contribution in [0.1, 0.15) is 96.0 Å². The van der Waals surface area contributed by atoms with Crippen LogP contribution in [0.15, 0.2) is 66.2 Å². The number of carbonyl (C=O) groups is 2. The number of aliphatic hydroxyl groups is 2. The SMILES string of the molecule is COCCCN(C[C@]1(O)CC[C@H]2c3ccc(cc3C(=O)c3ccc(C)s3)C[C@@H](O)CCC(C)=CCC[C@@]21C)C(=O)Nc1ccc(OC)cc1. The van der Waals surface area contributed by atoms with Gasteiger partial charge in [-0.1, -0.05) is 30.7 Å². The van der Waals surface area contributed by atoms with Gasteiger partial charge in [-0.3, -0.25) is 4.79 Å². The van der Waals surface area contributed by atoms with Crippen molar-refractivity contribution in [1.82, 2.24) is 4.90 Å². The Morgan fingerprint density at radius 3 is 2.51 bits per heavy atom. The van der Waals surface area contributed by atoms with Gasteiger partial charge in [-0.15, -0.1) is 11.3 Å². The van der Waals surface area contributed by atoms with Crippen LogP contribution in [0.4, 0.5) is 10.5 Å². The summed E-state index contributed by atoms with van der Waals surface area (Å²) in [6.07, 6.45) is 6.82. The van der Waals surface area contributed by atoms with Gasteiger partial charge in [-0.2, -0.15) is 0 Å². The van der Waals surface area contributed by atoms with E-state index in [-0.39, 0.29) is 24.3 Å². The van der Waals surface area contributed by atoms with E-state index in [2.05, 4.69) is 31.3 Å². The number of hydrogen-bond donors (Lipinski definition) is 3. The Morgan fingerprint density at radius 1 is 1.04 bits per heavy atom. The lowest BCUT2D eigenvalue weighted by atomic mass is 9.64. The number of methoxy groups -OCH3 is 2. The molecule has 3 aliphatic rings. The van der Waals surface area contributed by atoms with E-state index in [1.165, 1.54) is 16.9 Å². The summed E-state index contributed by atoms with van der Waals surface area (Å²) in [6.45, 7) is 7.30. The van der Waals surface area contributed by atoms with Crippen LogP contribution in [0, 0.1) is 12.3 Å². The quantitative estimate of drug-likeness (QED) is 0.114. The average molecular weight is 689 g/mol. The van der Waals surface area contributed by atoms with Crippen LogP contribution >= 0.6 is 11.3 Å². The Labute approximate surface area is 295 Å². The molecule has 9 heteroatoms. The number of carbonyl (C=O) groups excluding carboxylic acids is 2. The molecular weight excluding hydrogens is 637 g/mol. The van der Waals surface area contributed by atoms with Crippen LogP contribution in [0.5, 0.6) is 5.75 Å². The van der Waals surface area contributed by atoms with Crippen molar-refractivity contribution in [2.75, 3.05) is 39.2 Å². The Morgan fingerprint density at radius 2 is 1.82 bits per heavy atom. The van der Waals surface area contributed by atoms with Crippen molar-refractivity contribution in [3.63, 3.8) is 0 Å². The van der Waals surface area contributed by atoms with Gasteiger partial charge < -0.3 is 29.9 Å². The molecule has 3 N–H and O–H groups in total. The van der Waals surface area contributed by atoms with Crippen molar-refractivity contribution < 1.29 is 29.3 Å². The van der Waals surface area contributed by atoms with Gasteiger partial charge in [0, 0.05) is 41.8 Å². The zero-order valence-electron chi connectivity index (χ0n) is 29.6. The molecule has 0 radical (unpaired) electrons. The summed E-state index contributed by atoms with van der Waals surface area (Å²) in [5.41, 5.74) is 2.48. The second-order valence-electron chi connectivity index (χ2n) is 14.1. The topological polar surface area (TPSA) is 108 Å². The summed E-state index contributed by atoms with van der Waals surface area (Å²) in [5.74, 6) is 0.548. The molecule has 1 saturated carbocycles. The van der Waals surface area contributed by atoms with E-state index in [0.717, 1.165) is 28.8 Å². The van der Waals surface area contributed by atoms with E-state index in [0.29, 0.717) is 73.6 Å². The number of aliphatic hydroxyl groups excluding tert-OH is 1. The standard InChI is InChI=1S/C40H52N2O6S/c1-27-8-6-20-39(3)35(33-17-11-29(24-31(43)14-9-27)25-34(33)37(44)36-18-10-28(2)49-36)19-21-40(39,46)26-42(22-7-23-47-4)38(45)41-30-12-15-32(48-5)16-13-30/h8,10-13,15-18,25,31,35,43,46H,6-7,9,14,19-24,26H2,1-5H3,(H,41,45)/t31-,35-,39-,40+/m0/s1. The number of urea groups is 1. The molecule has 2 amide bonds. The highest BCUT2D eigenvalue weighted by molar-refractivity contribution is 7.14. The Bertz CT molecular complexity index is 1630. The van der Waals surface area contributed by atoms with E-state index in [1.807, 2.05) is 31.2 Å². The highest BCUT2D eigenvalue weighted by atomic mass is 32.1. The number of aryl methyl sites for hydroxylation is 1. The number of ether oxygens (including phenoxy) is 2. The van der Waals surface area contributed by atoms with Crippen molar-refractivity contribution in [3.05, 3.63) is 92.7 Å². The van der Waals surface area contributed by atoms with Gasteiger partial charge in [0.15, 0.2) is 0 Å². The molecule has 2 aromatic carbocycles. The van der Waals surface area contributed by atoms with Crippen LogP contribution in [0.2, 0.25) is 0 Å². The summed E-state index contributed by atoms with van der Waals surface area (Å²) in [4.78, 5) is 31.5. The van der Waals surface area contributed by atoms with E-state index >= 15 is 0 Å². The van der Waals surface area contributed by atoms with Gasteiger partial charge in [0.2, 0.25) is 5.78 Å². The van der Waals surface area contributed by atoms with Gasteiger partial charge in [-0.25, -0.2) is 4.79 Å². The summed E-state index contributed by atoms with van der Waals surface area (Å²) in [5, 5.41) is 26.8. The van der Waals surface area contributed by atoms with Gasteiger partial charge in [0.05, 0.1) is 30.2 Å². The van der Waals surface area contributed by atoms with Gasteiger partial charge in [0.1, 0.15) is 5.75 Å². The first-order valence-corrected chi connectivity index (χ1v) is 18.3. The van der Waals surface area contributed by atoms with Crippen molar-refractivity contribution in [1.29, 1.82) is 0 Å². The molecule has 0 unspecified atom stereocenters. The minimum Gasteiger partial charge on any atom is -0.497 e. The number of thiophene rings is 1. The van der Waals surface area contributed by atoms with Crippen LogP contribution in [0.25, 0.3) is 0 Å². The molecule has 1 fully saturated rings. The molecule has 0 saturated heterocycles. The van der Waals surface area contributed by atoms with E-state index in [9.17, 15) is 19.8 Å². The normalized spacial score (nSPS) is 24.1. The lowest BCUT2D eigenvalue weighted by molar-refractivity contribution is -0.0767. The summed E-state index contributed by atoms with van der Waals surface area (Å²) < 4.78 is 10.6. The maximum absolute atomic E-state index is 14.2. The number of fused-ring (bicyclic) bond motifs is 8. The second kappa shape index (κ2) is 16.0. The molecule has 2 bridgehead atoms. The maximum Gasteiger partial charge on any atom is 0.321 e. The number of ketones is 1. The predicted octanol–water partition coefficient (Wildman–Crippen LogP) is 7.91. The summed E-state index contributed by atoms with van der Waals surface area (Å²) in [6, 6.07) is 16.9. The molecule has 3 aromatic rings. The fourth-order valence-electron chi connectivity index (χ4n) is 7.73. The van der Waals surface area contributed by atoms with Gasteiger partial charge in [-0.05, 0) is 125 Å². The molecule has 1 aromatic heterocycles. The molecular formula is C40H52N2O6S.